The van der Waals surface area contributed by atoms with Gasteiger partial charge in [-0.25, -0.2) is 14.4 Å². The molecular formula is C22H20ClFN4O4S. The van der Waals surface area contributed by atoms with E-state index in [2.05, 4.69) is 20.3 Å². The summed E-state index contributed by atoms with van der Waals surface area (Å²) in [5, 5.41) is 2.58. The van der Waals surface area contributed by atoms with Crippen molar-refractivity contribution in [1.82, 2.24) is 15.0 Å². The number of carbonyl (C=O) groups is 2. The van der Waals surface area contributed by atoms with E-state index in [1.807, 2.05) is 0 Å². The average Bonchev–Trinajstić information content (AvgIpc) is 3.29. The number of ketones is 1. The number of nitrogens with one attached hydrogen (secondary N) is 1. The number of nitrogens with zero attached hydrogens (tertiary/aromatic N) is 3. The highest BCUT2D eigenvalue weighted by Crippen LogP contribution is 2.37. The molecule has 0 saturated carbocycles. The van der Waals surface area contributed by atoms with Gasteiger partial charge in [0.15, 0.2) is 21.9 Å². The molecule has 0 bridgehead atoms. The lowest BCUT2D eigenvalue weighted by Crippen LogP contribution is -2.22. The highest BCUT2D eigenvalue weighted by molar-refractivity contribution is 7.17. The number of amides is 1. The normalized spacial score (nSPS) is 14.2. The van der Waals surface area contributed by atoms with Gasteiger partial charge in [-0.05, 0) is 25.8 Å². The molecule has 4 heterocycles. The molecule has 1 amide bonds. The highest BCUT2D eigenvalue weighted by Gasteiger charge is 2.26. The Morgan fingerprint density at radius 3 is 2.70 bits per heavy atom. The van der Waals surface area contributed by atoms with Gasteiger partial charge in [0.2, 0.25) is 0 Å². The first-order chi connectivity index (χ1) is 15.9. The maximum atomic E-state index is 14.9. The zero-order chi connectivity index (χ0) is 23.5. The molecule has 1 fully saturated rings. The fourth-order valence-electron chi connectivity index (χ4n) is 3.57. The number of hydrogen-bond donors (Lipinski definition) is 1. The Morgan fingerprint density at radius 2 is 1.97 bits per heavy atom. The van der Waals surface area contributed by atoms with Crippen molar-refractivity contribution < 1.29 is 23.5 Å². The average molecular weight is 491 g/mol. The van der Waals surface area contributed by atoms with E-state index in [9.17, 15) is 14.0 Å². The van der Waals surface area contributed by atoms with Crippen molar-refractivity contribution in [2.75, 3.05) is 25.6 Å². The van der Waals surface area contributed by atoms with Crippen molar-refractivity contribution >= 4 is 39.8 Å². The number of hydrogen-bond acceptors (Lipinski definition) is 8. The third-order valence-electron chi connectivity index (χ3n) is 5.28. The van der Waals surface area contributed by atoms with Crippen molar-refractivity contribution in [2.24, 2.45) is 5.92 Å². The van der Waals surface area contributed by atoms with E-state index in [1.165, 1.54) is 25.7 Å². The third kappa shape index (κ3) is 4.87. The Balaban J connectivity index is 1.63. The molecule has 0 aliphatic carbocycles. The lowest BCUT2D eigenvalue weighted by molar-refractivity contribution is 0.0547. The molecule has 172 valence electrons. The monoisotopic (exact) mass is 490 g/mol. The number of rotatable bonds is 6. The molecule has 11 heteroatoms. The Hall–Kier alpha value is -2.95. The molecule has 3 aromatic heterocycles. The van der Waals surface area contributed by atoms with Crippen LogP contribution in [0.5, 0.6) is 5.75 Å². The number of aromatic nitrogens is 3. The van der Waals surface area contributed by atoms with Crippen LogP contribution in [-0.4, -0.2) is 47.0 Å². The highest BCUT2D eigenvalue weighted by atomic mass is 35.5. The molecule has 33 heavy (non-hydrogen) atoms. The Labute approximate surface area is 198 Å². The second kappa shape index (κ2) is 9.90. The number of carbonyl (C=O) groups excluding carboxylic acids is 2. The summed E-state index contributed by atoms with van der Waals surface area (Å²) < 4.78 is 25.5. The van der Waals surface area contributed by atoms with E-state index in [1.54, 1.807) is 13.0 Å². The molecule has 0 atom stereocenters. The zero-order valence-corrected chi connectivity index (χ0v) is 19.4. The van der Waals surface area contributed by atoms with Crippen LogP contribution >= 0.6 is 22.9 Å². The van der Waals surface area contributed by atoms with E-state index >= 15 is 0 Å². The van der Waals surface area contributed by atoms with Crippen LogP contribution in [0.3, 0.4) is 0 Å². The number of ether oxygens (including phenoxy) is 2. The van der Waals surface area contributed by atoms with E-state index < -0.39 is 11.7 Å². The van der Waals surface area contributed by atoms with Gasteiger partial charge < -0.3 is 9.47 Å². The van der Waals surface area contributed by atoms with Crippen molar-refractivity contribution in [2.45, 2.75) is 19.8 Å². The Bertz CT molecular complexity index is 1210. The van der Waals surface area contributed by atoms with Gasteiger partial charge in [0.25, 0.3) is 5.91 Å². The molecule has 1 aliphatic heterocycles. The van der Waals surface area contributed by atoms with E-state index in [4.69, 9.17) is 21.1 Å². The second-order valence-electron chi connectivity index (χ2n) is 7.41. The summed E-state index contributed by atoms with van der Waals surface area (Å²) in [5.41, 5.74) is 0.901. The van der Waals surface area contributed by atoms with Crippen LogP contribution in [0.1, 0.15) is 38.6 Å². The molecule has 1 aliphatic rings. The minimum atomic E-state index is -0.811. The van der Waals surface area contributed by atoms with Crippen LogP contribution in [0.2, 0.25) is 5.15 Å². The molecule has 8 nitrogen and oxygen atoms in total. The summed E-state index contributed by atoms with van der Waals surface area (Å²) in [6.45, 7) is 2.83. The molecule has 4 rings (SSSR count). The lowest BCUT2D eigenvalue weighted by Gasteiger charge is -2.19. The standard InChI is InChI=1S/C22H20ClFN4O4S/c1-11-7-13(17-15(31-2)9-26-20(23)18(17)24)14(8-25-11)21(30)28-22-27-10-16(33-22)19(29)12-3-5-32-6-4-12/h7-10,12H,3-6H2,1-2H3,(H,27,28,30). The van der Waals surface area contributed by atoms with Crippen molar-refractivity contribution in [1.29, 1.82) is 0 Å². The van der Waals surface area contributed by atoms with Crippen LogP contribution in [0, 0.1) is 18.7 Å². The number of thiazole rings is 1. The molecule has 3 aromatic rings. The molecular weight excluding hydrogens is 471 g/mol. The van der Waals surface area contributed by atoms with Crippen LogP contribution < -0.4 is 10.1 Å². The molecule has 1 saturated heterocycles. The number of anilines is 1. The van der Waals surface area contributed by atoms with Crippen LogP contribution in [-0.2, 0) is 4.74 Å². The predicted octanol–water partition coefficient (Wildman–Crippen LogP) is 4.57. The number of methoxy groups -OCH3 is 1. The summed E-state index contributed by atoms with van der Waals surface area (Å²) >= 11 is 6.98. The van der Waals surface area contributed by atoms with Crippen molar-refractivity contribution in [3.8, 4) is 16.9 Å². The van der Waals surface area contributed by atoms with E-state index in [-0.39, 0.29) is 44.4 Å². The lowest BCUT2D eigenvalue weighted by atomic mass is 9.95. The van der Waals surface area contributed by atoms with Crippen molar-refractivity contribution in [3.63, 3.8) is 0 Å². The summed E-state index contributed by atoms with van der Waals surface area (Å²) in [4.78, 5) is 38.4. The minimum Gasteiger partial charge on any atom is -0.494 e. The quantitative estimate of drug-likeness (QED) is 0.398. The number of halogens is 2. The molecule has 1 N–H and O–H groups in total. The minimum absolute atomic E-state index is 0.00248. The van der Waals surface area contributed by atoms with E-state index in [0.29, 0.717) is 36.6 Å². The molecule has 0 unspecified atom stereocenters. The maximum Gasteiger partial charge on any atom is 0.259 e. The number of Topliss-reactive ketones (excluding diaryl/α,β-unsaturated/α-hetero) is 1. The summed E-state index contributed by atoms with van der Waals surface area (Å²) in [6, 6.07) is 1.56. The molecule has 0 aromatic carbocycles. The zero-order valence-electron chi connectivity index (χ0n) is 17.9. The molecule has 0 radical (unpaired) electrons. The third-order valence-corrected chi connectivity index (χ3v) is 6.47. The van der Waals surface area contributed by atoms with Gasteiger partial charge >= 0.3 is 0 Å². The second-order valence-corrected chi connectivity index (χ2v) is 8.80. The van der Waals surface area contributed by atoms with Gasteiger partial charge in [-0.15, -0.1) is 0 Å². The first kappa shape index (κ1) is 23.2. The largest absolute Gasteiger partial charge is 0.494 e. The van der Waals surface area contributed by atoms with E-state index in [0.717, 1.165) is 11.3 Å². The van der Waals surface area contributed by atoms with Gasteiger partial charge in [-0.1, -0.05) is 22.9 Å². The van der Waals surface area contributed by atoms with Crippen molar-refractivity contribution in [3.05, 3.63) is 51.8 Å². The topological polar surface area (TPSA) is 103 Å². The fourth-order valence-corrected chi connectivity index (χ4v) is 4.55. The van der Waals surface area contributed by atoms with Gasteiger partial charge in [0, 0.05) is 36.6 Å². The fraction of sp³-hybridized carbons (Fsp3) is 0.318. The SMILES string of the molecule is COc1cnc(Cl)c(F)c1-c1cc(C)ncc1C(=O)Nc1ncc(C(=O)C2CCOCC2)s1. The smallest absolute Gasteiger partial charge is 0.259 e. The van der Waals surface area contributed by atoms with Gasteiger partial charge in [-0.2, -0.15) is 0 Å². The first-order valence-electron chi connectivity index (χ1n) is 10.1. The van der Waals surface area contributed by atoms with Crippen LogP contribution in [0.25, 0.3) is 11.1 Å². The Kier molecular flexibility index (Phi) is 6.96. The number of aryl methyl sites for hydroxylation is 1. The molecule has 0 spiro atoms. The first-order valence-corrected chi connectivity index (χ1v) is 11.3. The number of pyridine rings is 2. The summed E-state index contributed by atoms with van der Waals surface area (Å²) in [5.74, 6) is -1.37. The van der Waals surface area contributed by atoms with Crippen LogP contribution in [0.4, 0.5) is 9.52 Å². The van der Waals surface area contributed by atoms with Gasteiger partial charge in [0.1, 0.15) is 5.75 Å². The summed E-state index contributed by atoms with van der Waals surface area (Å²) in [7, 11) is 1.37. The Morgan fingerprint density at radius 1 is 1.21 bits per heavy atom. The summed E-state index contributed by atoms with van der Waals surface area (Å²) in [6.07, 6.45) is 5.41. The van der Waals surface area contributed by atoms with Gasteiger partial charge in [-0.3, -0.25) is 19.9 Å². The van der Waals surface area contributed by atoms with Crippen LogP contribution in [0.15, 0.2) is 24.7 Å². The van der Waals surface area contributed by atoms with Gasteiger partial charge in [0.05, 0.1) is 35.5 Å². The predicted molar refractivity (Wildman–Crippen MR) is 122 cm³/mol. The maximum absolute atomic E-state index is 14.9.